The van der Waals surface area contributed by atoms with Gasteiger partial charge in [-0.2, -0.15) is 0 Å². The number of hydrogen-bond donors (Lipinski definition) is 2. The van der Waals surface area contributed by atoms with Crippen LogP contribution in [0.25, 0.3) is 0 Å². The minimum atomic E-state index is 0.707. The Labute approximate surface area is 75.2 Å². The molecule has 0 amide bonds. The Hall–Kier alpha value is -0.130. The summed E-state index contributed by atoms with van der Waals surface area (Å²) < 4.78 is 1.60. The third kappa shape index (κ3) is 1.68. The van der Waals surface area contributed by atoms with Crippen LogP contribution in [0.4, 0.5) is 5.69 Å². The molecule has 0 fully saturated rings. The van der Waals surface area contributed by atoms with Gasteiger partial charge in [-0.25, -0.2) is 4.98 Å². The van der Waals surface area contributed by atoms with Gasteiger partial charge < -0.3 is 5.43 Å². The van der Waals surface area contributed by atoms with Crippen LogP contribution >= 0.6 is 31.9 Å². The van der Waals surface area contributed by atoms with E-state index in [9.17, 15) is 0 Å². The number of hydrazine groups is 1. The van der Waals surface area contributed by atoms with Gasteiger partial charge in [0.2, 0.25) is 0 Å². The number of rotatable bonds is 1. The molecule has 10 heavy (non-hydrogen) atoms. The highest BCUT2D eigenvalue weighted by molar-refractivity contribution is 9.11. The number of pyridine rings is 1. The number of nitrogen functional groups attached to an aromatic ring is 1. The molecule has 0 aliphatic heterocycles. The van der Waals surface area contributed by atoms with Crippen molar-refractivity contribution in [3.63, 3.8) is 0 Å². The second-order valence-corrected chi connectivity index (χ2v) is 3.30. The summed E-state index contributed by atoms with van der Waals surface area (Å²) in [5.41, 5.74) is 3.26. The summed E-state index contributed by atoms with van der Waals surface area (Å²) >= 11 is 6.47. The van der Waals surface area contributed by atoms with Crippen LogP contribution in [-0.4, -0.2) is 4.98 Å². The van der Waals surface area contributed by atoms with E-state index in [0.717, 1.165) is 10.2 Å². The monoisotopic (exact) mass is 265 g/mol. The minimum absolute atomic E-state index is 0.707. The van der Waals surface area contributed by atoms with Crippen LogP contribution in [0.15, 0.2) is 21.3 Å². The fourth-order valence-electron chi connectivity index (χ4n) is 0.524. The molecule has 0 spiro atoms. The molecule has 0 unspecified atom stereocenters. The average molecular weight is 267 g/mol. The Morgan fingerprint density at radius 1 is 1.50 bits per heavy atom. The smallest absolute Gasteiger partial charge is 0.130 e. The number of nitrogens with zero attached hydrogens (tertiary/aromatic N) is 1. The molecule has 3 N–H and O–H groups in total. The maximum absolute atomic E-state index is 5.18. The molecule has 0 saturated carbocycles. The Balaban J connectivity index is 3.09. The molecule has 0 saturated heterocycles. The first-order chi connectivity index (χ1) is 4.74. The van der Waals surface area contributed by atoms with Crippen molar-refractivity contribution in [2.24, 2.45) is 5.84 Å². The Kier molecular flexibility index (Phi) is 2.64. The van der Waals surface area contributed by atoms with Crippen LogP contribution in [0.5, 0.6) is 0 Å². The lowest BCUT2D eigenvalue weighted by atomic mass is 10.4. The molecule has 0 radical (unpaired) electrons. The molecular formula is C5H5Br2N3. The lowest BCUT2D eigenvalue weighted by Gasteiger charge is -2.00. The number of halogens is 2. The van der Waals surface area contributed by atoms with Gasteiger partial charge in [0.15, 0.2) is 0 Å². The van der Waals surface area contributed by atoms with E-state index in [2.05, 4.69) is 42.3 Å². The SMILES string of the molecule is NNc1cc(Br)cnc1Br. The van der Waals surface area contributed by atoms with Crippen molar-refractivity contribution in [3.8, 4) is 0 Å². The van der Waals surface area contributed by atoms with Crippen molar-refractivity contribution < 1.29 is 0 Å². The number of nitrogens with two attached hydrogens (primary N) is 1. The van der Waals surface area contributed by atoms with E-state index in [1.807, 2.05) is 6.07 Å². The highest BCUT2D eigenvalue weighted by Crippen LogP contribution is 2.21. The van der Waals surface area contributed by atoms with Crippen LogP contribution in [0.2, 0.25) is 0 Å². The second kappa shape index (κ2) is 3.32. The third-order valence-electron chi connectivity index (χ3n) is 0.961. The van der Waals surface area contributed by atoms with E-state index in [4.69, 9.17) is 5.84 Å². The summed E-state index contributed by atoms with van der Waals surface area (Å²) in [6.07, 6.45) is 1.69. The van der Waals surface area contributed by atoms with Crippen LogP contribution in [-0.2, 0) is 0 Å². The van der Waals surface area contributed by atoms with E-state index < -0.39 is 0 Å². The largest absolute Gasteiger partial charge is 0.322 e. The highest BCUT2D eigenvalue weighted by atomic mass is 79.9. The fourth-order valence-corrected chi connectivity index (χ4v) is 1.19. The second-order valence-electron chi connectivity index (χ2n) is 1.64. The predicted octanol–water partition coefficient (Wildman–Crippen LogP) is 1.89. The first kappa shape index (κ1) is 7.97. The summed E-state index contributed by atoms with van der Waals surface area (Å²) in [4.78, 5) is 3.98. The molecule has 1 rings (SSSR count). The van der Waals surface area contributed by atoms with Gasteiger partial charge >= 0.3 is 0 Å². The van der Waals surface area contributed by atoms with Gasteiger partial charge in [-0.15, -0.1) is 0 Å². The molecule has 1 heterocycles. The van der Waals surface area contributed by atoms with Gasteiger partial charge in [-0.1, -0.05) is 0 Å². The molecule has 1 aromatic rings. The van der Waals surface area contributed by atoms with Crippen molar-refractivity contribution >= 4 is 37.5 Å². The zero-order valence-corrected chi connectivity index (χ0v) is 8.11. The van der Waals surface area contributed by atoms with Crippen molar-refractivity contribution in [2.75, 3.05) is 5.43 Å². The Bertz CT molecular complexity index is 238. The number of nitrogens with one attached hydrogen (secondary N) is 1. The maximum Gasteiger partial charge on any atom is 0.130 e. The summed E-state index contributed by atoms with van der Waals surface area (Å²) in [7, 11) is 0. The third-order valence-corrected chi connectivity index (χ3v) is 2.03. The van der Waals surface area contributed by atoms with Gasteiger partial charge in [0.05, 0.1) is 5.69 Å². The summed E-state index contributed by atoms with van der Waals surface area (Å²) in [6.45, 7) is 0. The normalized spacial score (nSPS) is 9.50. The zero-order chi connectivity index (χ0) is 7.56. The first-order valence-corrected chi connectivity index (χ1v) is 4.10. The van der Waals surface area contributed by atoms with E-state index in [1.165, 1.54) is 0 Å². The van der Waals surface area contributed by atoms with Gasteiger partial charge in [0.1, 0.15) is 4.60 Å². The van der Waals surface area contributed by atoms with Crippen molar-refractivity contribution in [2.45, 2.75) is 0 Å². The minimum Gasteiger partial charge on any atom is -0.322 e. The lowest BCUT2D eigenvalue weighted by Crippen LogP contribution is -2.07. The standard InChI is InChI=1S/C5H5Br2N3/c6-3-1-4(10-8)5(7)9-2-3/h1-2,10H,8H2. The number of hydrogen-bond acceptors (Lipinski definition) is 3. The van der Waals surface area contributed by atoms with E-state index in [0.29, 0.717) is 4.60 Å². The van der Waals surface area contributed by atoms with Gasteiger partial charge in [0.25, 0.3) is 0 Å². The first-order valence-electron chi connectivity index (χ1n) is 2.51. The predicted molar refractivity (Wildman–Crippen MR) is 47.4 cm³/mol. The molecule has 3 nitrogen and oxygen atoms in total. The highest BCUT2D eigenvalue weighted by Gasteiger charge is 1.97. The lowest BCUT2D eigenvalue weighted by molar-refractivity contribution is 1.22. The van der Waals surface area contributed by atoms with Crippen molar-refractivity contribution in [3.05, 3.63) is 21.3 Å². The molecule has 0 aromatic carbocycles. The molecule has 54 valence electrons. The average Bonchev–Trinajstić information content (AvgIpc) is 1.94. The Morgan fingerprint density at radius 3 is 2.70 bits per heavy atom. The molecule has 0 aliphatic rings. The number of aromatic nitrogens is 1. The summed E-state index contributed by atoms with van der Waals surface area (Å²) in [5, 5.41) is 0. The van der Waals surface area contributed by atoms with Crippen LogP contribution < -0.4 is 11.3 Å². The molecule has 1 aromatic heterocycles. The molecule has 5 heteroatoms. The molecule has 0 bridgehead atoms. The zero-order valence-electron chi connectivity index (χ0n) is 4.94. The van der Waals surface area contributed by atoms with Crippen molar-refractivity contribution in [1.82, 2.24) is 4.98 Å². The Morgan fingerprint density at radius 2 is 2.20 bits per heavy atom. The van der Waals surface area contributed by atoms with E-state index >= 15 is 0 Å². The topological polar surface area (TPSA) is 50.9 Å². The van der Waals surface area contributed by atoms with Crippen molar-refractivity contribution in [1.29, 1.82) is 0 Å². The van der Waals surface area contributed by atoms with Gasteiger partial charge in [0, 0.05) is 10.7 Å². The van der Waals surface area contributed by atoms with Gasteiger partial charge in [-0.05, 0) is 37.9 Å². The number of anilines is 1. The maximum atomic E-state index is 5.18. The van der Waals surface area contributed by atoms with Crippen LogP contribution in [0.1, 0.15) is 0 Å². The summed E-state index contributed by atoms with van der Waals surface area (Å²) in [5.74, 6) is 5.18. The molecular weight excluding hydrogens is 262 g/mol. The molecule has 0 aliphatic carbocycles. The van der Waals surface area contributed by atoms with Crippen LogP contribution in [0.3, 0.4) is 0 Å². The molecule has 0 atom stereocenters. The van der Waals surface area contributed by atoms with Gasteiger partial charge in [-0.3, -0.25) is 5.84 Å². The fraction of sp³-hybridized carbons (Fsp3) is 0. The quantitative estimate of drug-likeness (QED) is 0.464. The summed E-state index contributed by atoms with van der Waals surface area (Å²) in [6, 6.07) is 1.83. The van der Waals surface area contributed by atoms with E-state index in [1.54, 1.807) is 6.20 Å². The van der Waals surface area contributed by atoms with Crippen LogP contribution in [0, 0.1) is 0 Å². The van der Waals surface area contributed by atoms with E-state index in [-0.39, 0.29) is 0 Å².